The number of hydrazine groups is 1. The first-order valence-electron chi connectivity index (χ1n) is 7.06. The maximum absolute atomic E-state index is 11.9. The third-order valence-electron chi connectivity index (χ3n) is 3.41. The normalized spacial score (nSPS) is 15.7. The largest absolute Gasteiger partial charge is 0.273 e. The Labute approximate surface area is 138 Å². The lowest BCUT2D eigenvalue weighted by atomic mass is 9.89. The first-order valence-corrected chi connectivity index (χ1v) is 9.40. The third-order valence-corrected chi connectivity index (χ3v) is 5.80. The molecule has 0 spiro atoms. The number of hydrogen-bond acceptors (Lipinski definition) is 4. The van der Waals surface area contributed by atoms with Crippen LogP contribution in [-0.4, -0.2) is 17.6 Å². The van der Waals surface area contributed by atoms with Crippen molar-refractivity contribution >= 4 is 46.5 Å². The van der Waals surface area contributed by atoms with Crippen molar-refractivity contribution in [1.29, 1.82) is 0 Å². The minimum absolute atomic E-state index is 0.0555. The molecule has 116 valence electrons. The van der Waals surface area contributed by atoms with Crippen molar-refractivity contribution in [2.45, 2.75) is 37.9 Å². The van der Waals surface area contributed by atoms with Crippen LogP contribution in [-0.2, 0) is 15.3 Å². The number of carbonyl (C=O) groups is 2. The molecule has 1 aliphatic carbocycles. The predicted molar refractivity (Wildman–Crippen MR) is 88.4 cm³/mol. The average molecular weight is 347 g/mol. The van der Waals surface area contributed by atoms with Gasteiger partial charge in [-0.3, -0.25) is 20.4 Å². The Bertz CT molecular complexity index is 487. The highest BCUT2D eigenvalue weighted by atomic mass is 35.5. The molecule has 1 aromatic rings. The number of thiophene rings is 1. The zero-order valence-corrected chi connectivity index (χ0v) is 14.1. The van der Waals surface area contributed by atoms with E-state index < -0.39 is 0 Å². The van der Waals surface area contributed by atoms with Crippen LogP contribution < -0.4 is 10.9 Å². The van der Waals surface area contributed by atoms with Crippen molar-refractivity contribution in [3.8, 4) is 0 Å². The molecule has 0 saturated heterocycles. The monoisotopic (exact) mass is 346 g/mol. The molecular weight excluding hydrogens is 328 g/mol. The molecule has 2 amide bonds. The van der Waals surface area contributed by atoms with E-state index in [0.717, 1.165) is 40.6 Å². The summed E-state index contributed by atoms with van der Waals surface area (Å²) in [6.45, 7) is 0. The average Bonchev–Trinajstić information content (AvgIpc) is 2.91. The molecule has 7 heteroatoms. The highest BCUT2D eigenvalue weighted by molar-refractivity contribution is 7.99. The molecule has 0 atom stereocenters. The Hall–Kier alpha value is -0.720. The lowest BCUT2D eigenvalue weighted by molar-refractivity contribution is -0.131. The number of rotatable bonds is 5. The molecule has 2 rings (SSSR count). The number of hydrogen-bond donors (Lipinski definition) is 2. The summed E-state index contributed by atoms with van der Waals surface area (Å²) < 4.78 is 0.759. The van der Waals surface area contributed by atoms with Crippen molar-refractivity contribution in [3.63, 3.8) is 0 Å². The predicted octanol–water partition coefficient (Wildman–Crippen LogP) is 3.36. The van der Waals surface area contributed by atoms with Crippen LogP contribution in [0.25, 0.3) is 0 Å². The Morgan fingerprint density at radius 3 is 2.67 bits per heavy atom. The van der Waals surface area contributed by atoms with Crippen LogP contribution in [0.2, 0.25) is 4.34 Å². The van der Waals surface area contributed by atoms with E-state index in [2.05, 4.69) is 10.9 Å². The molecule has 1 fully saturated rings. The fraction of sp³-hybridized carbons (Fsp3) is 0.571. The SMILES string of the molecule is O=C(CSCc1ccc(Cl)s1)NNC(=O)C1CCCCC1. The summed E-state index contributed by atoms with van der Waals surface area (Å²) in [5.74, 6) is 0.895. The van der Waals surface area contributed by atoms with E-state index in [4.69, 9.17) is 11.6 Å². The molecule has 1 saturated carbocycles. The van der Waals surface area contributed by atoms with Crippen molar-refractivity contribution in [2.24, 2.45) is 5.92 Å². The van der Waals surface area contributed by atoms with Gasteiger partial charge in [0, 0.05) is 16.5 Å². The van der Waals surface area contributed by atoms with Crippen LogP contribution in [0.5, 0.6) is 0 Å². The lowest BCUT2D eigenvalue weighted by Gasteiger charge is -2.20. The van der Waals surface area contributed by atoms with E-state index in [0.29, 0.717) is 5.75 Å². The fourth-order valence-electron chi connectivity index (χ4n) is 2.31. The van der Waals surface area contributed by atoms with E-state index in [-0.39, 0.29) is 17.7 Å². The van der Waals surface area contributed by atoms with Crippen LogP contribution in [0.1, 0.15) is 37.0 Å². The van der Waals surface area contributed by atoms with Crippen LogP contribution in [0.3, 0.4) is 0 Å². The van der Waals surface area contributed by atoms with Crippen LogP contribution in [0.4, 0.5) is 0 Å². The van der Waals surface area contributed by atoms with E-state index in [1.165, 1.54) is 29.5 Å². The summed E-state index contributed by atoms with van der Waals surface area (Å²) in [5, 5.41) is 0. The van der Waals surface area contributed by atoms with Crippen LogP contribution >= 0.6 is 34.7 Å². The number of carbonyl (C=O) groups excluding carboxylic acids is 2. The van der Waals surface area contributed by atoms with Gasteiger partial charge >= 0.3 is 0 Å². The molecule has 4 nitrogen and oxygen atoms in total. The van der Waals surface area contributed by atoms with Crippen molar-refractivity contribution < 1.29 is 9.59 Å². The van der Waals surface area contributed by atoms with Crippen molar-refractivity contribution in [2.75, 3.05) is 5.75 Å². The number of halogens is 1. The molecule has 0 bridgehead atoms. The molecule has 0 unspecified atom stereocenters. The summed E-state index contributed by atoms with van der Waals surface area (Å²) in [7, 11) is 0. The smallest absolute Gasteiger partial charge is 0.248 e. The topological polar surface area (TPSA) is 58.2 Å². The van der Waals surface area contributed by atoms with Crippen LogP contribution in [0.15, 0.2) is 12.1 Å². The molecule has 1 aliphatic rings. The van der Waals surface area contributed by atoms with Gasteiger partial charge < -0.3 is 0 Å². The Morgan fingerprint density at radius 2 is 2.00 bits per heavy atom. The number of nitrogens with one attached hydrogen (secondary N) is 2. The van der Waals surface area contributed by atoms with Crippen LogP contribution in [0, 0.1) is 5.92 Å². The Balaban J connectivity index is 1.59. The van der Waals surface area contributed by atoms with E-state index in [9.17, 15) is 9.59 Å². The van der Waals surface area contributed by atoms with E-state index in [1.807, 2.05) is 12.1 Å². The molecular formula is C14H19ClN2O2S2. The molecule has 1 aromatic heterocycles. The second kappa shape index (κ2) is 8.66. The Kier molecular flexibility index (Phi) is 6.86. The van der Waals surface area contributed by atoms with Gasteiger partial charge in [0.2, 0.25) is 11.8 Å². The summed E-state index contributed by atoms with van der Waals surface area (Å²) >= 11 is 8.87. The summed E-state index contributed by atoms with van der Waals surface area (Å²) in [6.07, 6.45) is 5.27. The molecule has 0 aromatic carbocycles. The quantitative estimate of drug-likeness (QED) is 0.804. The Morgan fingerprint density at radius 1 is 1.24 bits per heavy atom. The van der Waals surface area contributed by atoms with Gasteiger partial charge in [0.25, 0.3) is 0 Å². The van der Waals surface area contributed by atoms with Crippen molar-refractivity contribution in [3.05, 3.63) is 21.3 Å². The summed E-state index contributed by atoms with van der Waals surface area (Å²) in [4.78, 5) is 24.7. The number of amides is 2. The molecule has 1 heterocycles. The zero-order chi connectivity index (χ0) is 15.1. The minimum Gasteiger partial charge on any atom is -0.273 e. The summed E-state index contributed by atoms with van der Waals surface area (Å²) in [6, 6.07) is 3.81. The van der Waals surface area contributed by atoms with Gasteiger partial charge in [-0.25, -0.2) is 0 Å². The molecule has 2 N–H and O–H groups in total. The molecule has 21 heavy (non-hydrogen) atoms. The van der Waals surface area contributed by atoms with E-state index in [1.54, 1.807) is 0 Å². The zero-order valence-electron chi connectivity index (χ0n) is 11.7. The third kappa shape index (κ3) is 5.88. The maximum atomic E-state index is 11.9. The first-order chi connectivity index (χ1) is 10.1. The van der Waals surface area contributed by atoms with Gasteiger partial charge in [0.1, 0.15) is 0 Å². The molecule has 0 radical (unpaired) electrons. The summed E-state index contributed by atoms with van der Waals surface area (Å²) in [5.41, 5.74) is 5.02. The minimum atomic E-state index is -0.174. The highest BCUT2D eigenvalue weighted by Crippen LogP contribution is 2.25. The standard InChI is InChI=1S/C14H19ClN2O2S2/c15-12-7-6-11(21-12)8-20-9-13(18)16-17-14(19)10-4-2-1-3-5-10/h6-7,10H,1-5,8-9H2,(H,16,18)(H,17,19). The maximum Gasteiger partial charge on any atom is 0.248 e. The van der Waals surface area contributed by atoms with Crippen molar-refractivity contribution in [1.82, 2.24) is 10.9 Å². The second-order valence-electron chi connectivity index (χ2n) is 5.07. The highest BCUT2D eigenvalue weighted by Gasteiger charge is 2.21. The lowest BCUT2D eigenvalue weighted by Crippen LogP contribution is -2.45. The van der Waals surface area contributed by atoms with Gasteiger partial charge in [0.15, 0.2) is 0 Å². The van der Waals surface area contributed by atoms with Gasteiger partial charge in [0.05, 0.1) is 10.1 Å². The van der Waals surface area contributed by atoms with Gasteiger partial charge in [-0.2, -0.15) is 0 Å². The fourth-order valence-corrected chi connectivity index (χ4v) is 4.33. The van der Waals surface area contributed by atoms with E-state index >= 15 is 0 Å². The first kappa shape index (κ1) is 16.6. The number of thioether (sulfide) groups is 1. The van der Waals surface area contributed by atoms with Gasteiger partial charge in [-0.15, -0.1) is 23.1 Å². The second-order valence-corrected chi connectivity index (χ2v) is 7.86. The van der Waals surface area contributed by atoms with Gasteiger partial charge in [-0.1, -0.05) is 30.9 Å². The van der Waals surface area contributed by atoms with Gasteiger partial charge in [-0.05, 0) is 25.0 Å². The molecule has 0 aliphatic heterocycles.